The second kappa shape index (κ2) is 5.85. The van der Waals surface area contributed by atoms with Crippen LogP contribution in [0.1, 0.15) is 39.0 Å². The Balaban J connectivity index is 2.11. The first-order valence-corrected chi connectivity index (χ1v) is 8.00. The van der Waals surface area contributed by atoms with Crippen molar-refractivity contribution in [3.8, 4) is 0 Å². The van der Waals surface area contributed by atoms with Crippen molar-refractivity contribution in [1.82, 2.24) is 5.32 Å². The second-order valence-electron chi connectivity index (χ2n) is 4.67. The summed E-state index contributed by atoms with van der Waals surface area (Å²) in [5.74, 6) is 1.17. The SMILES string of the molecule is CCCC(NCCCS(C)(=O)=O)C1CC1. The van der Waals surface area contributed by atoms with E-state index in [1.807, 2.05) is 0 Å². The fourth-order valence-electron chi connectivity index (χ4n) is 1.94. The summed E-state index contributed by atoms with van der Waals surface area (Å²) in [7, 11) is -2.78. The molecular formula is C11H23NO2S. The summed E-state index contributed by atoms with van der Waals surface area (Å²) in [4.78, 5) is 0. The molecule has 0 amide bonds. The van der Waals surface area contributed by atoms with E-state index in [-0.39, 0.29) is 0 Å². The van der Waals surface area contributed by atoms with E-state index in [1.165, 1.54) is 31.9 Å². The molecule has 0 aromatic carbocycles. The van der Waals surface area contributed by atoms with E-state index >= 15 is 0 Å². The first kappa shape index (κ1) is 13.0. The number of nitrogens with one attached hydrogen (secondary N) is 1. The average Bonchev–Trinajstić information content (AvgIpc) is 2.91. The topological polar surface area (TPSA) is 46.2 Å². The quantitative estimate of drug-likeness (QED) is 0.648. The minimum atomic E-state index is -2.78. The van der Waals surface area contributed by atoms with Crippen LogP contribution in [-0.2, 0) is 9.84 Å². The van der Waals surface area contributed by atoms with Gasteiger partial charge in [0.15, 0.2) is 0 Å². The Morgan fingerprint density at radius 3 is 2.53 bits per heavy atom. The predicted octanol–water partition coefficient (Wildman–Crippen LogP) is 1.59. The Morgan fingerprint density at radius 1 is 1.40 bits per heavy atom. The van der Waals surface area contributed by atoms with Crippen molar-refractivity contribution in [3.63, 3.8) is 0 Å². The lowest BCUT2D eigenvalue weighted by molar-refractivity contribution is 0.431. The Labute approximate surface area is 93.6 Å². The highest BCUT2D eigenvalue weighted by Crippen LogP contribution is 2.34. The minimum Gasteiger partial charge on any atom is -0.314 e. The second-order valence-corrected chi connectivity index (χ2v) is 6.93. The fraction of sp³-hybridized carbons (Fsp3) is 1.00. The summed E-state index contributed by atoms with van der Waals surface area (Å²) in [5, 5.41) is 3.49. The average molecular weight is 233 g/mol. The van der Waals surface area contributed by atoms with Gasteiger partial charge in [0.05, 0.1) is 5.75 Å². The highest BCUT2D eigenvalue weighted by atomic mass is 32.2. The van der Waals surface area contributed by atoms with Gasteiger partial charge in [0.25, 0.3) is 0 Å². The molecule has 3 nitrogen and oxygen atoms in total. The van der Waals surface area contributed by atoms with Gasteiger partial charge in [-0.2, -0.15) is 0 Å². The highest BCUT2D eigenvalue weighted by Gasteiger charge is 2.29. The summed E-state index contributed by atoms with van der Waals surface area (Å²) in [5.41, 5.74) is 0. The van der Waals surface area contributed by atoms with Crippen molar-refractivity contribution in [3.05, 3.63) is 0 Å². The van der Waals surface area contributed by atoms with Crippen LogP contribution >= 0.6 is 0 Å². The Bertz CT molecular complexity index is 270. The first-order chi connectivity index (χ1) is 7.03. The molecule has 0 saturated heterocycles. The van der Waals surface area contributed by atoms with Gasteiger partial charge >= 0.3 is 0 Å². The monoisotopic (exact) mass is 233 g/mol. The summed E-state index contributed by atoms with van der Waals surface area (Å²) in [6, 6.07) is 0.634. The molecule has 0 spiro atoms. The smallest absolute Gasteiger partial charge is 0.147 e. The molecule has 1 N–H and O–H groups in total. The molecule has 0 aliphatic heterocycles. The van der Waals surface area contributed by atoms with Crippen LogP contribution in [0.5, 0.6) is 0 Å². The maximum absolute atomic E-state index is 10.9. The number of rotatable bonds is 8. The van der Waals surface area contributed by atoms with Crippen LogP contribution < -0.4 is 5.32 Å². The molecule has 1 atom stereocenters. The summed E-state index contributed by atoms with van der Waals surface area (Å²) in [6.07, 6.45) is 7.18. The molecule has 1 aliphatic rings. The highest BCUT2D eigenvalue weighted by molar-refractivity contribution is 7.90. The third-order valence-electron chi connectivity index (χ3n) is 2.89. The van der Waals surface area contributed by atoms with Gasteiger partial charge in [-0.1, -0.05) is 13.3 Å². The van der Waals surface area contributed by atoms with E-state index in [0.29, 0.717) is 11.8 Å². The van der Waals surface area contributed by atoms with Crippen LogP contribution in [-0.4, -0.2) is 33.0 Å². The largest absolute Gasteiger partial charge is 0.314 e. The van der Waals surface area contributed by atoms with E-state index in [0.717, 1.165) is 18.9 Å². The zero-order valence-electron chi connectivity index (χ0n) is 9.83. The van der Waals surface area contributed by atoms with Crippen LogP contribution in [0.4, 0.5) is 0 Å². The third kappa shape index (κ3) is 6.15. The molecule has 15 heavy (non-hydrogen) atoms. The van der Waals surface area contributed by atoms with Gasteiger partial charge < -0.3 is 5.32 Å². The number of hydrogen-bond acceptors (Lipinski definition) is 3. The van der Waals surface area contributed by atoms with E-state index in [9.17, 15) is 8.42 Å². The van der Waals surface area contributed by atoms with Gasteiger partial charge in [0.1, 0.15) is 9.84 Å². The Hall–Kier alpha value is -0.0900. The molecule has 0 radical (unpaired) electrons. The minimum absolute atomic E-state index is 0.309. The zero-order valence-corrected chi connectivity index (χ0v) is 10.6. The molecule has 4 heteroatoms. The van der Waals surface area contributed by atoms with Crippen LogP contribution in [0.25, 0.3) is 0 Å². The zero-order chi connectivity index (χ0) is 11.3. The first-order valence-electron chi connectivity index (χ1n) is 5.94. The van der Waals surface area contributed by atoms with E-state index in [1.54, 1.807) is 0 Å². The summed E-state index contributed by atoms with van der Waals surface area (Å²) < 4.78 is 21.8. The van der Waals surface area contributed by atoms with Gasteiger partial charge in [-0.05, 0) is 38.1 Å². The van der Waals surface area contributed by atoms with Crippen LogP contribution in [0.15, 0.2) is 0 Å². The van der Waals surface area contributed by atoms with Crippen molar-refractivity contribution >= 4 is 9.84 Å². The maximum Gasteiger partial charge on any atom is 0.147 e. The molecule has 0 bridgehead atoms. The normalized spacial score (nSPS) is 19.1. The molecule has 1 unspecified atom stereocenters. The van der Waals surface area contributed by atoms with Gasteiger partial charge in [-0.3, -0.25) is 0 Å². The molecule has 1 fully saturated rings. The fourth-order valence-corrected chi connectivity index (χ4v) is 2.60. The standard InChI is InChI=1S/C11H23NO2S/c1-3-5-11(10-6-7-10)12-8-4-9-15(2,13)14/h10-12H,3-9H2,1-2H3. The lowest BCUT2D eigenvalue weighted by Gasteiger charge is -2.17. The molecule has 0 aromatic heterocycles. The van der Waals surface area contributed by atoms with Crippen molar-refractivity contribution < 1.29 is 8.42 Å². The van der Waals surface area contributed by atoms with E-state index < -0.39 is 9.84 Å². The molecule has 1 rings (SSSR count). The predicted molar refractivity (Wildman–Crippen MR) is 63.8 cm³/mol. The molecule has 90 valence electrons. The molecular weight excluding hydrogens is 210 g/mol. The third-order valence-corrected chi connectivity index (χ3v) is 3.92. The lowest BCUT2D eigenvalue weighted by atomic mass is 10.1. The molecule has 0 aromatic rings. The van der Waals surface area contributed by atoms with Crippen LogP contribution in [0, 0.1) is 5.92 Å². The van der Waals surface area contributed by atoms with Crippen molar-refractivity contribution in [2.75, 3.05) is 18.6 Å². The number of sulfone groups is 1. The van der Waals surface area contributed by atoms with Crippen molar-refractivity contribution in [1.29, 1.82) is 0 Å². The van der Waals surface area contributed by atoms with Crippen LogP contribution in [0.2, 0.25) is 0 Å². The summed E-state index contributed by atoms with van der Waals surface area (Å²) >= 11 is 0. The van der Waals surface area contributed by atoms with Crippen molar-refractivity contribution in [2.45, 2.75) is 45.1 Å². The van der Waals surface area contributed by atoms with Gasteiger partial charge in [0.2, 0.25) is 0 Å². The van der Waals surface area contributed by atoms with E-state index in [4.69, 9.17) is 0 Å². The van der Waals surface area contributed by atoms with Crippen LogP contribution in [0.3, 0.4) is 0 Å². The number of hydrogen-bond donors (Lipinski definition) is 1. The van der Waals surface area contributed by atoms with Gasteiger partial charge in [-0.25, -0.2) is 8.42 Å². The Morgan fingerprint density at radius 2 is 2.07 bits per heavy atom. The van der Waals surface area contributed by atoms with E-state index in [2.05, 4.69) is 12.2 Å². The van der Waals surface area contributed by atoms with Gasteiger partial charge in [0, 0.05) is 12.3 Å². The van der Waals surface area contributed by atoms with Crippen molar-refractivity contribution in [2.24, 2.45) is 5.92 Å². The Kier molecular flexibility index (Phi) is 5.06. The molecule has 0 heterocycles. The van der Waals surface area contributed by atoms with Gasteiger partial charge in [-0.15, -0.1) is 0 Å². The molecule has 1 saturated carbocycles. The maximum atomic E-state index is 10.9. The lowest BCUT2D eigenvalue weighted by Crippen LogP contribution is -2.32. The molecule has 1 aliphatic carbocycles. The summed E-state index contributed by atoms with van der Waals surface area (Å²) in [6.45, 7) is 3.04.